The smallest absolute Gasteiger partial charge is 0.419 e. The first-order valence-corrected chi connectivity index (χ1v) is 16.5. The molecule has 1 unspecified atom stereocenters. The number of anilines is 1. The van der Waals surface area contributed by atoms with Crippen molar-refractivity contribution < 1.29 is 32.2 Å². The van der Waals surface area contributed by atoms with Crippen molar-refractivity contribution in [2.45, 2.75) is 141 Å². The lowest BCUT2D eigenvalue weighted by molar-refractivity contribution is -0.138. The molecule has 9 nitrogen and oxygen atoms in total. The minimum absolute atomic E-state index is 0.0180. The average Bonchev–Trinajstić information content (AvgIpc) is 3.12. The molecule has 1 aliphatic carbocycles. The van der Waals surface area contributed by atoms with Crippen LogP contribution in [0.1, 0.15) is 111 Å². The van der Waals surface area contributed by atoms with Crippen LogP contribution in [0.4, 0.5) is 23.7 Å². The quantitative estimate of drug-likeness (QED) is 0.223. The normalized spacial score (nSPS) is 27.2. The fourth-order valence-corrected chi connectivity index (χ4v) is 7.74. The van der Waals surface area contributed by atoms with Crippen molar-refractivity contribution in [1.29, 1.82) is 5.26 Å². The van der Waals surface area contributed by atoms with E-state index >= 15 is 0 Å². The van der Waals surface area contributed by atoms with E-state index in [9.17, 15) is 22.8 Å². The fourth-order valence-electron chi connectivity index (χ4n) is 7.17. The summed E-state index contributed by atoms with van der Waals surface area (Å²) >= 11 is 5.70. The van der Waals surface area contributed by atoms with Gasteiger partial charge in [0.05, 0.1) is 23.6 Å². The number of pyridine rings is 1. The van der Waals surface area contributed by atoms with Crippen molar-refractivity contribution in [2.75, 3.05) is 11.5 Å². The molecular weight excluding hydrogens is 619 g/mol. The largest absolute Gasteiger partial charge is 0.444 e. The van der Waals surface area contributed by atoms with Gasteiger partial charge in [-0.05, 0) is 124 Å². The molecule has 4 rings (SSSR count). The van der Waals surface area contributed by atoms with Gasteiger partial charge in [-0.1, -0.05) is 0 Å². The summed E-state index contributed by atoms with van der Waals surface area (Å²) in [5.74, 6) is 0.0897. The molecule has 3 fully saturated rings. The van der Waals surface area contributed by atoms with Crippen LogP contribution >= 0.6 is 12.2 Å². The van der Waals surface area contributed by atoms with E-state index < -0.39 is 34.5 Å². The first kappa shape index (κ1) is 35.9. The number of halogens is 3. The number of thiocarbonyl (C=S) groups is 1. The first-order chi connectivity index (χ1) is 21.3. The molecule has 2 saturated heterocycles. The predicted octanol–water partition coefficient (Wildman–Crippen LogP) is 7.22. The van der Waals surface area contributed by atoms with E-state index in [4.69, 9.17) is 27.0 Å². The third kappa shape index (κ3) is 7.76. The Morgan fingerprint density at radius 3 is 2.28 bits per heavy atom. The van der Waals surface area contributed by atoms with Crippen LogP contribution in [0.2, 0.25) is 0 Å². The van der Waals surface area contributed by atoms with Gasteiger partial charge in [-0.25, -0.2) is 9.78 Å². The van der Waals surface area contributed by atoms with E-state index in [0.29, 0.717) is 12.5 Å². The number of carbonyl (C=O) groups excluding carboxylic acids is 2. The Bertz CT molecular complexity index is 1340. The van der Waals surface area contributed by atoms with Gasteiger partial charge in [0, 0.05) is 24.7 Å². The molecule has 0 radical (unpaired) electrons. The van der Waals surface area contributed by atoms with E-state index in [1.165, 1.54) is 6.07 Å². The second-order valence-corrected chi connectivity index (χ2v) is 14.8. The third-order valence-electron chi connectivity index (χ3n) is 9.32. The lowest BCUT2D eigenvalue weighted by Crippen LogP contribution is -2.53. The van der Waals surface area contributed by atoms with Crippen LogP contribution in [0.5, 0.6) is 0 Å². The summed E-state index contributed by atoms with van der Waals surface area (Å²) in [6.45, 7) is 13.8. The highest BCUT2D eigenvalue weighted by Crippen LogP contribution is 2.41. The third-order valence-corrected chi connectivity index (χ3v) is 9.70. The molecule has 254 valence electrons. The van der Waals surface area contributed by atoms with E-state index in [1.54, 1.807) is 13.8 Å². The van der Waals surface area contributed by atoms with Crippen molar-refractivity contribution >= 4 is 35.0 Å². The second kappa shape index (κ2) is 13.6. The van der Waals surface area contributed by atoms with E-state index in [1.807, 2.05) is 44.4 Å². The topological polar surface area (TPSA) is 99.0 Å². The SMILES string of the molecule is C[C@@H]1CC(OCCC[C@H]2CC[C@H](N3C(=S)N(c4cnc(C#N)c(C(F)(F)F)c4)C(=O)C3(C)C)CC2)C[C@H](C)N1C(=O)OC(C)(C)C. The minimum atomic E-state index is -4.80. The number of rotatable bonds is 7. The lowest BCUT2D eigenvalue weighted by atomic mass is 9.82. The van der Waals surface area contributed by atoms with Gasteiger partial charge in [0.25, 0.3) is 5.91 Å². The second-order valence-electron chi connectivity index (χ2n) is 14.4. The zero-order valence-corrected chi connectivity index (χ0v) is 28.6. The average molecular weight is 666 g/mol. The molecule has 2 amide bonds. The number of carbonyl (C=O) groups is 2. The zero-order valence-electron chi connectivity index (χ0n) is 27.8. The van der Waals surface area contributed by atoms with Crippen molar-refractivity contribution in [3.05, 3.63) is 23.5 Å². The number of alkyl halides is 3. The van der Waals surface area contributed by atoms with Crippen molar-refractivity contribution in [3.63, 3.8) is 0 Å². The molecule has 0 bridgehead atoms. The van der Waals surface area contributed by atoms with Gasteiger partial charge in [0.15, 0.2) is 10.8 Å². The number of piperidine rings is 1. The molecular formula is C33H46F3N5O4S. The highest BCUT2D eigenvalue weighted by molar-refractivity contribution is 7.80. The molecule has 13 heteroatoms. The summed E-state index contributed by atoms with van der Waals surface area (Å²) in [4.78, 5) is 34.7. The summed E-state index contributed by atoms with van der Waals surface area (Å²) in [6, 6.07) is 2.29. The van der Waals surface area contributed by atoms with Gasteiger partial charge in [-0.2, -0.15) is 18.4 Å². The highest BCUT2D eigenvalue weighted by atomic mass is 32.1. The molecule has 1 saturated carbocycles. The Morgan fingerprint density at radius 2 is 1.74 bits per heavy atom. The molecule has 3 aliphatic rings. The summed E-state index contributed by atoms with van der Waals surface area (Å²) in [5, 5.41) is 9.27. The first-order valence-electron chi connectivity index (χ1n) is 16.1. The summed E-state index contributed by atoms with van der Waals surface area (Å²) in [6.07, 6.45) is 3.13. The Labute approximate surface area is 275 Å². The number of nitrogens with zero attached hydrogens (tertiary/aromatic N) is 5. The lowest BCUT2D eigenvalue weighted by Gasteiger charge is -2.42. The molecule has 3 heterocycles. The fraction of sp³-hybridized carbons (Fsp3) is 0.727. The molecule has 0 aromatic carbocycles. The number of ether oxygens (including phenoxy) is 2. The van der Waals surface area contributed by atoms with Gasteiger partial charge < -0.3 is 19.3 Å². The van der Waals surface area contributed by atoms with Crippen LogP contribution in [-0.2, 0) is 20.4 Å². The molecule has 0 spiro atoms. The number of hydrogen-bond acceptors (Lipinski definition) is 7. The van der Waals surface area contributed by atoms with Crippen molar-refractivity contribution in [2.24, 2.45) is 5.92 Å². The Balaban J connectivity index is 1.27. The molecule has 46 heavy (non-hydrogen) atoms. The predicted molar refractivity (Wildman–Crippen MR) is 171 cm³/mol. The monoisotopic (exact) mass is 665 g/mol. The summed E-state index contributed by atoms with van der Waals surface area (Å²) in [7, 11) is 0. The molecule has 1 aromatic rings. The van der Waals surface area contributed by atoms with Gasteiger partial charge in [-0.3, -0.25) is 9.69 Å². The van der Waals surface area contributed by atoms with Crippen LogP contribution in [0, 0.1) is 17.2 Å². The van der Waals surface area contributed by atoms with E-state index in [0.717, 1.165) is 68.5 Å². The molecule has 0 N–H and O–H groups in total. The van der Waals surface area contributed by atoms with Gasteiger partial charge in [0.1, 0.15) is 17.2 Å². The van der Waals surface area contributed by atoms with Crippen LogP contribution < -0.4 is 4.90 Å². The highest BCUT2D eigenvalue weighted by Gasteiger charge is 2.52. The zero-order chi connectivity index (χ0) is 34.2. The Kier molecular flexibility index (Phi) is 10.6. The van der Waals surface area contributed by atoms with E-state index in [2.05, 4.69) is 4.98 Å². The van der Waals surface area contributed by atoms with Crippen LogP contribution in [0.3, 0.4) is 0 Å². The number of amides is 2. The summed E-state index contributed by atoms with van der Waals surface area (Å²) < 4.78 is 52.7. The van der Waals surface area contributed by atoms with Crippen LogP contribution in [0.25, 0.3) is 0 Å². The standard InChI is InChI=1S/C33H46F3N5O4S/c1-20-15-25(16-21(2)39(20)30(43)45-31(3,4)5)44-14-8-9-22-10-12-23(13-11-22)41-29(46)40(28(42)32(41,6)7)24-17-26(33(34,35)36)27(18-37)38-19-24/h17,19-23,25H,8-16H2,1-7H3/t20-,21+,22-,23-,25?. The van der Waals surface area contributed by atoms with Crippen molar-refractivity contribution in [3.8, 4) is 6.07 Å². The number of hydrogen-bond donors (Lipinski definition) is 0. The van der Waals surface area contributed by atoms with Crippen LogP contribution in [0.15, 0.2) is 12.3 Å². The van der Waals surface area contributed by atoms with Gasteiger partial charge >= 0.3 is 12.3 Å². The minimum Gasteiger partial charge on any atom is -0.444 e. The maximum absolute atomic E-state index is 13.6. The van der Waals surface area contributed by atoms with Gasteiger partial charge in [0.2, 0.25) is 0 Å². The van der Waals surface area contributed by atoms with Crippen LogP contribution in [-0.4, -0.2) is 73.9 Å². The number of likely N-dealkylation sites (tertiary alicyclic amines) is 1. The Hall–Kier alpha value is -2.98. The molecule has 2 aliphatic heterocycles. The van der Waals surface area contributed by atoms with E-state index in [-0.39, 0.29) is 41.1 Å². The number of aromatic nitrogens is 1. The molecule has 3 atom stereocenters. The maximum atomic E-state index is 13.6. The maximum Gasteiger partial charge on any atom is 0.419 e. The van der Waals surface area contributed by atoms with Crippen molar-refractivity contribution in [1.82, 2.24) is 14.8 Å². The summed E-state index contributed by atoms with van der Waals surface area (Å²) in [5.41, 5.74) is -3.61. The molecule has 1 aromatic heterocycles. The number of nitriles is 1. The Morgan fingerprint density at radius 1 is 1.13 bits per heavy atom. The van der Waals surface area contributed by atoms with Gasteiger partial charge in [-0.15, -0.1) is 0 Å².